The summed E-state index contributed by atoms with van der Waals surface area (Å²) in [6.45, 7) is 5.02. The predicted molar refractivity (Wildman–Crippen MR) is 70.8 cm³/mol. The number of anilines is 1. The van der Waals surface area contributed by atoms with E-state index in [-0.39, 0.29) is 16.8 Å². The first-order chi connectivity index (χ1) is 8.25. The molecule has 0 saturated heterocycles. The SMILES string of the molecule is CC(=O)Nc1ccc(S(=O)(=O)N(C)C(C)C)cc1. The van der Waals surface area contributed by atoms with Crippen LogP contribution in [-0.2, 0) is 14.8 Å². The van der Waals surface area contributed by atoms with Gasteiger partial charge in [0.2, 0.25) is 15.9 Å². The maximum atomic E-state index is 12.1. The number of nitrogens with zero attached hydrogens (tertiary/aromatic N) is 1. The second kappa shape index (κ2) is 5.49. The van der Waals surface area contributed by atoms with E-state index in [4.69, 9.17) is 0 Å². The fourth-order valence-corrected chi connectivity index (χ4v) is 2.72. The van der Waals surface area contributed by atoms with Crippen molar-refractivity contribution in [2.24, 2.45) is 0 Å². The number of nitrogens with one attached hydrogen (secondary N) is 1. The van der Waals surface area contributed by atoms with E-state index in [1.807, 2.05) is 13.8 Å². The minimum Gasteiger partial charge on any atom is -0.326 e. The number of carbonyl (C=O) groups excluding carboxylic acids is 1. The molecule has 1 aromatic carbocycles. The van der Waals surface area contributed by atoms with Crippen LogP contribution in [0.4, 0.5) is 5.69 Å². The molecule has 0 fully saturated rings. The summed E-state index contributed by atoms with van der Waals surface area (Å²) in [5, 5.41) is 2.59. The second-order valence-corrected chi connectivity index (χ2v) is 6.32. The largest absolute Gasteiger partial charge is 0.326 e. The molecule has 18 heavy (non-hydrogen) atoms. The lowest BCUT2D eigenvalue weighted by atomic mass is 10.3. The van der Waals surface area contributed by atoms with E-state index in [0.717, 1.165) is 0 Å². The Bertz CT molecular complexity index is 521. The lowest BCUT2D eigenvalue weighted by Gasteiger charge is -2.21. The third-order valence-corrected chi connectivity index (χ3v) is 4.63. The van der Waals surface area contributed by atoms with Crippen LogP contribution in [0.2, 0.25) is 0 Å². The van der Waals surface area contributed by atoms with Crippen molar-refractivity contribution in [2.75, 3.05) is 12.4 Å². The van der Waals surface area contributed by atoms with Crippen LogP contribution in [0.15, 0.2) is 29.2 Å². The Morgan fingerprint density at radius 3 is 2.11 bits per heavy atom. The summed E-state index contributed by atoms with van der Waals surface area (Å²) in [6, 6.07) is 6.01. The van der Waals surface area contributed by atoms with Gasteiger partial charge in [-0.25, -0.2) is 8.42 Å². The van der Waals surface area contributed by atoms with E-state index >= 15 is 0 Å². The number of hydrogen-bond acceptors (Lipinski definition) is 3. The van der Waals surface area contributed by atoms with E-state index in [1.165, 1.54) is 23.4 Å². The minimum absolute atomic E-state index is 0.106. The number of amides is 1. The Hall–Kier alpha value is -1.40. The van der Waals surface area contributed by atoms with Crippen molar-refractivity contribution < 1.29 is 13.2 Å². The molecule has 100 valence electrons. The molecule has 0 aromatic heterocycles. The number of carbonyl (C=O) groups is 1. The van der Waals surface area contributed by atoms with E-state index in [0.29, 0.717) is 5.69 Å². The van der Waals surface area contributed by atoms with Gasteiger partial charge >= 0.3 is 0 Å². The van der Waals surface area contributed by atoms with Gasteiger partial charge in [0.05, 0.1) is 4.90 Å². The Morgan fingerprint density at radius 1 is 1.22 bits per heavy atom. The van der Waals surface area contributed by atoms with Gasteiger partial charge in [0.15, 0.2) is 0 Å². The summed E-state index contributed by atoms with van der Waals surface area (Å²) in [5.41, 5.74) is 0.577. The normalized spacial score (nSPS) is 11.9. The summed E-state index contributed by atoms with van der Waals surface area (Å²) < 4.78 is 25.6. The molecule has 0 bridgehead atoms. The molecule has 1 amide bonds. The molecule has 0 radical (unpaired) electrons. The van der Waals surface area contributed by atoms with Crippen molar-refractivity contribution in [3.63, 3.8) is 0 Å². The molecular formula is C12H18N2O3S. The van der Waals surface area contributed by atoms with Crippen molar-refractivity contribution in [3.05, 3.63) is 24.3 Å². The molecule has 6 heteroatoms. The lowest BCUT2D eigenvalue weighted by molar-refractivity contribution is -0.114. The topological polar surface area (TPSA) is 66.5 Å². The van der Waals surface area contributed by atoms with Crippen LogP contribution in [0.1, 0.15) is 20.8 Å². The maximum absolute atomic E-state index is 12.1. The predicted octanol–water partition coefficient (Wildman–Crippen LogP) is 1.67. The second-order valence-electron chi connectivity index (χ2n) is 4.32. The highest BCUT2D eigenvalue weighted by molar-refractivity contribution is 7.89. The summed E-state index contributed by atoms with van der Waals surface area (Å²) in [4.78, 5) is 11.1. The number of benzene rings is 1. The molecular weight excluding hydrogens is 252 g/mol. The molecule has 0 saturated carbocycles. The molecule has 1 aromatic rings. The Labute approximate surface area is 108 Å². The van der Waals surface area contributed by atoms with Crippen LogP contribution in [0.25, 0.3) is 0 Å². The Kier molecular flexibility index (Phi) is 4.48. The van der Waals surface area contributed by atoms with E-state index in [2.05, 4.69) is 5.32 Å². The summed E-state index contributed by atoms with van der Waals surface area (Å²) in [7, 11) is -1.92. The molecule has 0 atom stereocenters. The molecule has 0 aliphatic heterocycles. The number of hydrogen-bond donors (Lipinski definition) is 1. The van der Waals surface area contributed by atoms with E-state index in [1.54, 1.807) is 19.2 Å². The first-order valence-corrected chi connectivity index (χ1v) is 7.05. The van der Waals surface area contributed by atoms with Crippen LogP contribution in [0, 0.1) is 0 Å². The Balaban J connectivity index is 3.01. The van der Waals surface area contributed by atoms with Crippen molar-refractivity contribution in [3.8, 4) is 0 Å². The smallest absolute Gasteiger partial charge is 0.243 e. The number of sulfonamides is 1. The van der Waals surface area contributed by atoms with Crippen LogP contribution >= 0.6 is 0 Å². The van der Waals surface area contributed by atoms with Crippen LogP contribution < -0.4 is 5.32 Å². The zero-order valence-electron chi connectivity index (χ0n) is 11.0. The fraction of sp³-hybridized carbons (Fsp3) is 0.417. The molecule has 1 rings (SSSR count). The van der Waals surface area contributed by atoms with Gasteiger partial charge in [0.25, 0.3) is 0 Å². The van der Waals surface area contributed by atoms with Crippen molar-refractivity contribution >= 4 is 21.6 Å². The molecule has 0 unspecified atom stereocenters. The quantitative estimate of drug-likeness (QED) is 0.905. The molecule has 0 heterocycles. The van der Waals surface area contributed by atoms with E-state index in [9.17, 15) is 13.2 Å². The average Bonchev–Trinajstić information content (AvgIpc) is 2.27. The van der Waals surface area contributed by atoms with Gasteiger partial charge < -0.3 is 5.32 Å². The highest BCUT2D eigenvalue weighted by Gasteiger charge is 2.22. The summed E-state index contributed by atoms with van der Waals surface area (Å²) in [5.74, 6) is -0.190. The van der Waals surface area contributed by atoms with Gasteiger partial charge in [-0.2, -0.15) is 4.31 Å². The van der Waals surface area contributed by atoms with E-state index < -0.39 is 10.0 Å². The highest BCUT2D eigenvalue weighted by atomic mass is 32.2. The molecule has 5 nitrogen and oxygen atoms in total. The van der Waals surface area contributed by atoms with Crippen molar-refractivity contribution in [2.45, 2.75) is 31.7 Å². The van der Waals surface area contributed by atoms with Gasteiger partial charge in [-0.05, 0) is 38.1 Å². The van der Waals surface area contributed by atoms with Crippen LogP contribution in [0.5, 0.6) is 0 Å². The third-order valence-electron chi connectivity index (χ3n) is 2.58. The van der Waals surface area contributed by atoms with Crippen LogP contribution in [0.3, 0.4) is 0 Å². The fourth-order valence-electron chi connectivity index (χ4n) is 1.36. The van der Waals surface area contributed by atoms with Crippen molar-refractivity contribution in [1.82, 2.24) is 4.31 Å². The van der Waals surface area contributed by atoms with Gasteiger partial charge in [-0.3, -0.25) is 4.79 Å². The summed E-state index contributed by atoms with van der Waals surface area (Å²) in [6.07, 6.45) is 0. The highest BCUT2D eigenvalue weighted by Crippen LogP contribution is 2.18. The lowest BCUT2D eigenvalue weighted by Crippen LogP contribution is -2.33. The first kappa shape index (κ1) is 14.7. The standard InChI is InChI=1S/C12H18N2O3S/c1-9(2)14(4)18(16,17)12-7-5-11(6-8-12)13-10(3)15/h5-9H,1-4H3,(H,13,15). The average molecular weight is 270 g/mol. The Morgan fingerprint density at radius 2 is 1.72 bits per heavy atom. The van der Waals surface area contributed by atoms with Gasteiger partial charge in [-0.1, -0.05) is 0 Å². The third kappa shape index (κ3) is 3.30. The molecule has 0 aliphatic carbocycles. The first-order valence-electron chi connectivity index (χ1n) is 5.61. The van der Waals surface area contributed by atoms with Gasteiger partial charge in [0, 0.05) is 25.7 Å². The van der Waals surface area contributed by atoms with Gasteiger partial charge in [-0.15, -0.1) is 0 Å². The maximum Gasteiger partial charge on any atom is 0.243 e. The zero-order chi connectivity index (χ0) is 13.9. The number of rotatable bonds is 4. The molecule has 0 spiro atoms. The monoisotopic (exact) mass is 270 g/mol. The summed E-state index contributed by atoms with van der Waals surface area (Å²) >= 11 is 0. The zero-order valence-corrected chi connectivity index (χ0v) is 11.8. The molecule has 1 N–H and O–H groups in total. The van der Waals surface area contributed by atoms with Crippen molar-refractivity contribution in [1.29, 1.82) is 0 Å². The van der Waals surface area contributed by atoms with Crippen LogP contribution in [-0.4, -0.2) is 31.7 Å². The van der Waals surface area contributed by atoms with Gasteiger partial charge in [0.1, 0.15) is 0 Å². The molecule has 0 aliphatic rings. The minimum atomic E-state index is -3.46.